The Morgan fingerprint density at radius 1 is 1.21 bits per heavy atom. The lowest BCUT2D eigenvalue weighted by molar-refractivity contribution is -0.141. The molecule has 1 aliphatic carbocycles. The molecule has 0 N–H and O–H groups in total. The molecule has 1 saturated carbocycles. The zero-order valence-electron chi connectivity index (χ0n) is 17.5. The Morgan fingerprint density at radius 3 is 2.69 bits per heavy atom. The quantitative estimate of drug-likeness (QED) is 0.672. The standard InChI is InChI=1S/C21H33N5O3/c1-17-6-8-25(22-17)16-20(27)24-7-2-3-19(15-24)26(21(28)18-4-5-18)10-9-23-11-13-29-14-12-23/h6,8,18-19H,2-5,7,9-16H2,1H3. The lowest BCUT2D eigenvalue weighted by atomic mass is 10.0. The van der Waals surface area contributed by atoms with Gasteiger partial charge in [0, 0.05) is 57.4 Å². The van der Waals surface area contributed by atoms with Gasteiger partial charge in [0.05, 0.1) is 18.9 Å². The first-order valence-electron chi connectivity index (χ1n) is 11.0. The summed E-state index contributed by atoms with van der Waals surface area (Å²) >= 11 is 0. The smallest absolute Gasteiger partial charge is 0.244 e. The van der Waals surface area contributed by atoms with Crippen LogP contribution in [0.2, 0.25) is 0 Å². The summed E-state index contributed by atoms with van der Waals surface area (Å²) in [6, 6.07) is 2.04. The zero-order valence-corrected chi connectivity index (χ0v) is 17.5. The Labute approximate surface area is 172 Å². The Bertz CT molecular complexity index is 711. The van der Waals surface area contributed by atoms with E-state index in [-0.39, 0.29) is 24.4 Å². The van der Waals surface area contributed by atoms with Crippen molar-refractivity contribution < 1.29 is 14.3 Å². The molecular weight excluding hydrogens is 370 g/mol. The molecule has 0 bridgehead atoms. The molecule has 160 valence electrons. The second kappa shape index (κ2) is 9.26. The third kappa shape index (κ3) is 5.36. The van der Waals surface area contributed by atoms with Crippen molar-refractivity contribution in [1.82, 2.24) is 24.5 Å². The lowest BCUT2D eigenvalue weighted by Crippen LogP contribution is -2.54. The monoisotopic (exact) mass is 403 g/mol. The maximum Gasteiger partial charge on any atom is 0.244 e. The van der Waals surface area contributed by atoms with Crippen molar-refractivity contribution in [1.29, 1.82) is 0 Å². The molecule has 1 aromatic rings. The van der Waals surface area contributed by atoms with E-state index in [9.17, 15) is 9.59 Å². The molecule has 1 aromatic heterocycles. The highest BCUT2D eigenvalue weighted by atomic mass is 16.5. The van der Waals surface area contributed by atoms with Crippen molar-refractivity contribution in [3.63, 3.8) is 0 Å². The molecule has 1 unspecified atom stereocenters. The van der Waals surface area contributed by atoms with Crippen LogP contribution in [0.3, 0.4) is 0 Å². The van der Waals surface area contributed by atoms with Crippen molar-refractivity contribution in [3.05, 3.63) is 18.0 Å². The highest BCUT2D eigenvalue weighted by molar-refractivity contribution is 5.81. The molecule has 3 aliphatic rings. The van der Waals surface area contributed by atoms with Gasteiger partial charge in [0.15, 0.2) is 0 Å². The number of hydrogen-bond donors (Lipinski definition) is 0. The van der Waals surface area contributed by atoms with Gasteiger partial charge in [-0.1, -0.05) is 0 Å². The minimum Gasteiger partial charge on any atom is -0.379 e. The van der Waals surface area contributed by atoms with Gasteiger partial charge in [0.2, 0.25) is 11.8 Å². The van der Waals surface area contributed by atoms with Crippen molar-refractivity contribution in [2.24, 2.45) is 5.92 Å². The van der Waals surface area contributed by atoms with Crippen molar-refractivity contribution in [2.75, 3.05) is 52.5 Å². The summed E-state index contributed by atoms with van der Waals surface area (Å²) in [5.41, 5.74) is 0.915. The second-order valence-corrected chi connectivity index (χ2v) is 8.55. The van der Waals surface area contributed by atoms with E-state index in [0.717, 1.165) is 77.3 Å². The molecule has 0 aromatic carbocycles. The average molecular weight is 404 g/mol. The lowest BCUT2D eigenvalue weighted by Gasteiger charge is -2.40. The van der Waals surface area contributed by atoms with Gasteiger partial charge in [-0.25, -0.2) is 0 Å². The van der Waals surface area contributed by atoms with E-state index >= 15 is 0 Å². The molecule has 2 saturated heterocycles. The first kappa shape index (κ1) is 20.3. The molecular formula is C21H33N5O3. The topological polar surface area (TPSA) is 70.9 Å². The molecule has 0 spiro atoms. The minimum atomic E-state index is 0.0878. The second-order valence-electron chi connectivity index (χ2n) is 8.55. The van der Waals surface area contributed by atoms with Crippen molar-refractivity contribution >= 4 is 11.8 Å². The molecule has 8 nitrogen and oxygen atoms in total. The van der Waals surface area contributed by atoms with Crippen LogP contribution >= 0.6 is 0 Å². The number of piperidine rings is 1. The Balaban J connectivity index is 1.36. The number of nitrogens with zero attached hydrogens (tertiary/aromatic N) is 5. The number of rotatable bonds is 7. The predicted molar refractivity (Wildman–Crippen MR) is 108 cm³/mol. The van der Waals surface area contributed by atoms with Gasteiger partial charge in [0.1, 0.15) is 6.54 Å². The largest absolute Gasteiger partial charge is 0.379 e. The van der Waals surface area contributed by atoms with Gasteiger partial charge in [0.25, 0.3) is 0 Å². The van der Waals surface area contributed by atoms with Gasteiger partial charge in [-0.2, -0.15) is 5.10 Å². The van der Waals surface area contributed by atoms with Crippen LogP contribution in [0.1, 0.15) is 31.4 Å². The fourth-order valence-corrected chi connectivity index (χ4v) is 4.34. The Kier molecular flexibility index (Phi) is 6.50. The summed E-state index contributed by atoms with van der Waals surface area (Å²) < 4.78 is 7.14. The number of ether oxygens (including phenoxy) is 1. The van der Waals surface area contributed by atoms with Crippen LogP contribution in [0, 0.1) is 12.8 Å². The number of hydrogen-bond acceptors (Lipinski definition) is 5. The van der Waals surface area contributed by atoms with Crippen LogP contribution in [0.15, 0.2) is 12.3 Å². The SMILES string of the molecule is Cc1ccn(CC(=O)N2CCCC(N(CCN3CCOCC3)C(=O)C3CC3)C2)n1. The summed E-state index contributed by atoms with van der Waals surface area (Å²) in [6.07, 6.45) is 5.80. The van der Waals surface area contributed by atoms with Crippen LogP contribution in [0.4, 0.5) is 0 Å². The maximum absolute atomic E-state index is 13.0. The molecule has 2 amide bonds. The Morgan fingerprint density at radius 2 is 2.00 bits per heavy atom. The van der Waals surface area contributed by atoms with Crippen LogP contribution in [-0.2, 0) is 20.9 Å². The first-order chi connectivity index (χ1) is 14.1. The fraction of sp³-hybridized carbons (Fsp3) is 0.762. The van der Waals surface area contributed by atoms with E-state index in [4.69, 9.17) is 4.74 Å². The highest BCUT2D eigenvalue weighted by Crippen LogP contribution is 2.32. The number of carbonyl (C=O) groups is 2. The molecule has 2 aliphatic heterocycles. The highest BCUT2D eigenvalue weighted by Gasteiger charge is 2.38. The van der Waals surface area contributed by atoms with Gasteiger partial charge < -0.3 is 14.5 Å². The fourth-order valence-electron chi connectivity index (χ4n) is 4.34. The first-order valence-corrected chi connectivity index (χ1v) is 11.0. The predicted octanol–water partition coefficient (Wildman–Crippen LogP) is 0.753. The van der Waals surface area contributed by atoms with E-state index in [2.05, 4.69) is 14.9 Å². The van der Waals surface area contributed by atoms with E-state index in [1.807, 2.05) is 24.1 Å². The molecule has 8 heteroatoms. The minimum absolute atomic E-state index is 0.0878. The number of aryl methyl sites for hydroxylation is 1. The molecule has 4 rings (SSSR count). The summed E-state index contributed by atoms with van der Waals surface area (Å²) in [4.78, 5) is 32.2. The van der Waals surface area contributed by atoms with E-state index in [1.54, 1.807) is 4.68 Å². The number of likely N-dealkylation sites (tertiary alicyclic amines) is 1. The number of amides is 2. The number of aromatic nitrogens is 2. The molecule has 3 heterocycles. The van der Waals surface area contributed by atoms with Crippen LogP contribution in [0.5, 0.6) is 0 Å². The number of morpholine rings is 1. The van der Waals surface area contributed by atoms with Gasteiger partial charge in [-0.3, -0.25) is 19.2 Å². The van der Waals surface area contributed by atoms with Crippen molar-refractivity contribution in [2.45, 2.75) is 45.2 Å². The van der Waals surface area contributed by atoms with E-state index in [0.29, 0.717) is 12.5 Å². The van der Waals surface area contributed by atoms with Gasteiger partial charge >= 0.3 is 0 Å². The van der Waals surface area contributed by atoms with Crippen molar-refractivity contribution in [3.8, 4) is 0 Å². The third-order valence-electron chi connectivity index (χ3n) is 6.23. The summed E-state index contributed by atoms with van der Waals surface area (Å²) in [5.74, 6) is 0.586. The molecule has 0 radical (unpaired) electrons. The van der Waals surface area contributed by atoms with Crippen LogP contribution in [0.25, 0.3) is 0 Å². The molecule has 1 atom stereocenters. The van der Waals surface area contributed by atoms with Crippen LogP contribution in [-0.4, -0.2) is 94.8 Å². The summed E-state index contributed by atoms with van der Waals surface area (Å²) in [5, 5.41) is 4.33. The average Bonchev–Trinajstić information content (AvgIpc) is 3.51. The molecule has 29 heavy (non-hydrogen) atoms. The summed E-state index contributed by atoms with van der Waals surface area (Å²) in [6.45, 7) is 8.65. The zero-order chi connectivity index (χ0) is 20.2. The van der Waals surface area contributed by atoms with E-state index in [1.165, 1.54) is 0 Å². The normalized spacial score (nSPS) is 23.2. The maximum atomic E-state index is 13.0. The summed E-state index contributed by atoms with van der Waals surface area (Å²) in [7, 11) is 0. The van der Waals surface area contributed by atoms with Crippen LogP contribution < -0.4 is 0 Å². The third-order valence-corrected chi connectivity index (χ3v) is 6.23. The number of carbonyl (C=O) groups excluding carboxylic acids is 2. The van der Waals surface area contributed by atoms with E-state index < -0.39 is 0 Å². The Hall–Kier alpha value is -1.93. The van der Waals surface area contributed by atoms with Gasteiger partial charge in [-0.15, -0.1) is 0 Å². The van der Waals surface area contributed by atoms with Gasteiger partial charge in [-0.05, 0) is 38.7 Å². The molecule has 3 fully saturated rings.